The fraction of sp³-hybridized carbons (Fsp3) is 0.538. The van der Waals surface area contributed by atoms with Gasteiger partial charge in [-0.2, -0.15) is 4.98 Å². The lowest BCUT2D eigenvalue weighted by molar-refractivity contribution is 0.411. The average molecular weight is 247 g/mol. The molecule has 1 saturated heterocycles. The van der Waals surface area contributed by atoms with Crippen molar-refractivity contribution in [2.75, 3.05) is 6.54 Å². The van der Waals surface area contributed by atoms with Crippen LogP contribution in [0.3, 0.4) is 0 Å². The van der Waals surface area contributed by atoms with E-state index in [-0.39, 0.29) is 6.04 Å². The summed E-state index contributed by atoms with van der Waals surface area (Å²) >= 11 is 0. The van der Waals surface area contributed by atoms with Crippen molar-refractivity contribution in [1.82, 2.24) is 15.5 Å². The molecule has 1 unspecified atom stereocenters. The topological polar surface area (TPSA) is 64.1 Å². The Bertz CT molecular complexity index is 565. The maximum atomic E-state index is 5.59. The normalized spacial score (nSPS) is 19.6. The highest BCUT2D eigenvalue weighted by molar-refractivity contribution is 5.61. The fourth-order valence-electron chi connectivity index (χ4n) is 2.49. The van der Waals surface area contributed by atoms with Crippen LogP contribution in [0.1, 0.15) is 41.8 Å². The largest absolute Gasteiger partial charge is 0.466 e. The minimum absolute atomic E-state index is 0.233. The van der Waals surface area contributed by atoms with Gasteiger partial charge in [0.15, 0.2) is 5.82 Å². The molecule has 0 saturated carbocycles. The zero-order valence-corrected chi connectivity index (χ0v) is 10.9. The Balaban J connectivity index is 1.97. The lowest BCUT2D eigenvalue weighted by Crippen LogP contribution is -2.14. The number of aromatic nitrogens is 2. The van der Waals surface area contributed by atoms with Crippen molar-refractivity contribution in [3.8, 4) is 11.5 Å². The molecule has 2 aromatic heterocycles. The van der Waals surface area contributed by atoms with Crippen LogP contribution in [-0.4, -0.2) is 16.7 Å². The summed E-state index contributed by atoms with van der Waals surface area (Å²) in [5, 5.41) is 7.44. The number of nitrogens with zero attached hydrogens (tertiary/aromatic N) is 2. The second-order valence-electron chi connectivity index (χ2n) is 4.82. The minimum atomic E-state index is 0.233. The van der Waals surface area contributed by atoms with E-state index in [0.29, 0.717) is 5.89 Å². The zero-order valence-electron chi connectivity index (χ0n) is 10.9. The van der Waals surface area contributed by atoms with Crippen LogP contribution in [0.4, 0.5) is 0 Å². The van der Waals surface area contributed by atoms with E-state index >= 15 is 0 Å². The van der Waals surface area contributed by atoms with Crippen LogP contribution in [0.5, 0.6) is 0 Å². The van der Waals surface area contributed by atoms with Gasteiger partial charge in [-0.3, -0.25) is 0 Å². The molecule has 5 heteroatoms. The van der Waals surface area contributed by atoms with Crippen LogP contribution in [0.15, 0.2) is 8.94 Å². The van der Waals surface area contributed by atoms with Crippen molar-refractivity contribution in [3.63, 3.8) is 0 Å². The molecule has 0 aliphatic carbocycles. The van der Waals surface area contributed by atoms with E-state index in [2.05, 4.69) is 15.5 Å². The van der Waals surface area contributed by atoms with Gasteiger partial charge < -0.3 is 14.3 Å². The van der Waals surface area contributed by atoms with Crippen LogP contribution in [0.25, 0.3) is 11.5 Å². The van der Waals surface area contributed by atoms with Crippen LogP contribution >= 0.6 is 0 Å². The Morgan fingerprint density at radius 3 is 2.67 bits per heavy atom. The molecule has 0 aromatic carbocycles. The first-order valence-corrected chi connectivity index (χ1v) is 6.30. The van der Waals surface area contributed by atoms with Gasteiger partial charge in [0.05, 0.1) is 11.6 Å². The maximum Gasteiger partial charge on any atom is 0.261 e. The highest BCUT2D eigenvalue weighted by atomic mass is 16.5. The summed E-state index contributed by atoms with van der Waals surface area (Å²) in [7, 11) is 0. The maximum absolute atomic E-state index is 5.59. The number of hydrogen-bond donors (Lipinski definition) is 1. The van der Waals surface area contributed by atoms with Gasteiger partial charge in [0.1, 0.15) is 11.5 Å². The third-order valence-corrected chi connectivity index (χ3v) is 3.59. The highest BCUT2D eigenvalue weighted by Crippen LogP contribution is 2.31. The number of furan rings is 1. The van der Waals surface area contributed by atoms with Crippen LogP contribution in [-0.2, 0) is 0 Å². The average Bonchev–Trinajstić information content (AvgIpc) is 3.01. The summed E-state index contributed by atoms with van der Waals surface area (Å²) in [6, 6.07) is 0.233. The number of nitrogens with one attached hydrogen (secondary N) is 1. The standard InChI is InChI=1S/C13H17N3O2/c1-7-8(2)17-9(3)11(7)13-15-12(16-18-13)10-5-4-6-14-10/h10,14H,4-6H2,1-3H3. The molecule has 18 heavy (non-hydrogen) atoms. The van der Waals surface area contributed by atoms with Gasteiger partial charge in [-0.1, -0.05) is 5.16 Å². The minimum Gasteiger partial charge on any atom is -0.466 e. The van der Waals surface area contributed by atoms with E-state index < -0.39 is 0 Å². The van der Waals surface area contributed by atoms with E-state index in [4.69, 9.17) is 8.94 Å². The summed E-state index contributed by atoms with van der Waals surface area (Å²) in [4.78, 5) is 4.50. The van der Waals surface area contributed by atoms with E-state index in [9.17, 15) is 0 Å². The predicted octanol–water partition coefficient (Wildman–Crippen LogP) is 2.68. The van der Waals surface area contributed by atoms with Crippen molar-refractivity contribution < 1.29 is 8.94 Å². The molecule has 1 atom stereocenters. The molecular weight excluding hydrogens is 230 g/mol. The molecule has 96 valence electrons. The molecule has 1 aliphatic heterocycles. The lowest BCUT2D eigenvalue weighted by atomic mass is 10.1. The van der Waals surface area contributed by atoms with Crippen LogP contribution in [0.2, 0.25) is 0 Å². The SMILES string of the molecule is Cc1oc(C)c(-c2nc(C3CCCN3)no2)c1C. The van der Waals surface area contributed by atoms with E-state index in [1.807, 2.05) is 20.8 Å². The quantitative estimate of drug-likeness (QED) is 0.883. The molecule has 1 aliphatic rings. The van der Waals surface area contributed by atoms with Gasteiger partial charge >= 0.3 is 0 Å². The van der Waals surface area contributed by atoms with Gasteiger partial charge in [0.2, 0.25) is 0 Å². The van der Waals surface area contributed by atoms with Crippen LogP contribution in [0, 0.1) is 20.8 Å². The number of aryl methyl sites for hydroxylation is 2. The molecule has 1 N–H and O–H groups in total. The molecule has 2 aromatic rings. The lowest BCUT2D eigenvalue weighted by Gasteiger charge is -2.01. The monoisotopic (exact) mass is 247 g/mol. The van der Waals surface area contributed by atoms with E-state index in [1.165, 1.54) is 0 Å². The molecule has 5 nitrogen and oxygen atoms in total. The summed E-state index contributed by atoms with van der Waals surface area (Å²) in [5.41, 5.74) is 2.01. The van der Waals surface area contributed by atoms with Gasteiger partial charge in [-0.25, -0.2) is 0 Å². The first-order chi connectivity index (χ1) is 8.66. The Labute approximate surface area is 106 Å². The molecule has 0 bridgehead atoms. The molecule has 3 rings (SSSR count). The number of hydrogen-bond acceptors (Lipinski definition) is 5. The Hall–Kier alpha value is -1.62. The molecule has 3 heterocycles. The van der Waals surface area contributed by atoms with Crippen LogP contribution < -0.4 is 5.32 Å². The Morgan fingerprint density at radius 2 is 2.06 bits per heavy atom. The first-order valence-electron chi connectivity index (χ1n) is 6.30. The Morgan fingerprint density at radius 1 is 1.22 bits per heavy atom. The smallest absolute Gasteiger partial charge is 0.261 e. The third kappa shape index (κ3) is 1.75. The fourth-order valence-corrected chi connectivity index (χ4v) is 2.49. The summed E-state index contributed by atoms with van der Waals surface area (Å²) in [6.07, 6.45) is 2.23. The Kier molecular flexibility index (Phi) is 2.70. The summed E-state index contributed by atoms with van der Waals surface area (Å²) in [5.74, 6) is 3.05. The number of rotatable bonds is 2. The van der Waals surface area contributed by atoms with Crippen molar-refractivity contribution in [2.45, 2.75) is 39.7 Å². The highest BCUT2D eigenvalue weighted by Gasteiger charge is 2.24. The second kappa shape index (κ2) is 4.24. The molecule has 0 amide bonds. The van der Waals surface area contributed by atoms with Gasteiger partial charge in [-0.15, -0.1) is 0 Å². The van der Waals surface area contributed by atoms with Crippen molar-refractivity contribution in [1.29, 1.82) is 0 Å². The van der Waals surface area contributed by atoms with Crippen molar-refractivity contribution in [3.05, 3.63) is 22.9 Å². The predicted molar refractivity (Wildman–Crippen MR) is 66.2 cm³/mol. The third-order valence-electron chi connectivity index (χ3n) is 3.59. The van der Waals surface area contributed by atoms with Gasteiger partial charge in [0.25, 0.3) is 5.89 Å². The molecule has 0 spiro atoms. The summed E-state index contributed by atoms with van der Waals surface area (Å²) < 4.78 is 11.0. The summed E-state index contributed by atoms with van der Waals surface area (Å²) in [6.45, 7) is 6.91. The van der Waals surface area contributed by atoms with Crippen molar-refractivity contribution in [2.24, 2.45) is 0 Å². The second-order valence-corrected chi connectivity index (χ2v) is 4.82. The van der Waals surface area contributed by atoms with Gasteiger partial charge in [0, 0.05) is 5.56 Å². The van der Waals surface area contributed by atoms with E-state index in [1.54, 1.807) is 0 Å². The van der Waals surface area contributed by atoms with Gasteiger partial charge in [-0.05, 0) is 40.2 Å². The van der Waals surface area contributed by atoms with E-state index in [0.717, 1.165) is 47.9 Å². The molecule has 0 radical (unpaired) electrons. The van der Waals surface area contributed by atoms with Crippen molar-refractivity contribution >= 4 is 0 Å². The molecular formula is C13H17N3O2. The first kappa shape index (κ1) is 11.5. The molecule has 1 fully saturated rings. The zero-order chi connectivity index (χ0) is 12.7.